The van der Waals surface area contributed by atoms with Gasteiger partial charge in [-0.2, -0.15) is 0 Å². The molecule has 1 atom stereocenters. The number of carbonyl (C=O) groups excluding carboxylic acids is 2. The highest BCUT2D eigenvalue weighted by Crippen LogP contribution is 2.29. The number of esters is 1. The van der Waals surface area contributed by atoms with Crippen molar-refractivity contribution < 1.29 is 14.3 Å². The van der Waals surface area contributed by atoms with E-state index in [1.807, 2.05) is 30.3 Å². The average molecular weight is 425 g/mol. The van der Waals surface area contributed by atoms with Gasteiger partial charge in [-0.15, -0.1) is 0 Å². The minimum atomic E-state index is -1.88. The molecule has 0 fully saturated rings. The minimum absolute atomic E-state index is 0.00839. The van der Waals surface area contributed by atoms with E-state index in [9.17, 15) is 9.59 Å². The second kappa shape index (κ2) is 10.5. The molecule has 1 rings (SSSR count). The highest BCUT2D eigenvalue weighted by molar-refractivity contribution is 7.80. The lowest BCUT2D eigenvalue weighted by Gasteiger charge is -2.27. The molecule has 1 aromatic rings. The number of alkyl halides is 3. The highest BCUT2D eigenvalue weighted by atomic mass is 35.6. The van der Waals surface area contributed by atoms with E-state index in [1.54, 1.807) is 6.08 Å². The first-order chi connectivity index (χ1) is 11.7. The third-order valence-electron chi connectivity index (χ3n) is 2.74. The lowest BCUT2D eigenvalue weighted by molar-refractivity contribution is -0.139. The Balaban J connectivity index is 2.64. The lowest BCUT2D eigenvalue weighted by atomic mass is 10.2. The van der Waals surface area contributed by atoms with Crippen LogP contribution in [0.15, 0.2) is 36.4 Å². The first-order valence-electron chi connectivity index (χ1n) is 6.94. The molecule has 3 N–H and O–H groups in total. The van der Waals surface area contributed by atoms with Crippen LogP contribution in [0.3, 0.4) is 0 Å². The van der Waals surface area contributed by atoms with Crippen molar-refractivity contribution in [3.05, 3.63) is 42.0 Å². The van der Waals surface area contributed by atoms with E-state index in [0.29, 0.717) is 0 Å². The molecule has 0 saturated carbocycles. The van der Waals surface area contributed by atoms with Gasteiger partial charge >= 0.3 is 5.97 Å². The Kier molecular flexibility index (Phi) is 8.99. The van der Waals surface area contributed by atoms with E-state index < -0.39 is 21.8 Å². The molecule has 136 valence electrons. The summed E-state index contributed by atoms with van der Waals surface area (Å²) in [7, 11) is 1.24. The number of carbonyl (C=O) groups is 2. The molecular weight excluding hydrogens is 409 g/mol. The summed E-state index contributed by atoms with van der Waals surface area (Å²) in [6.07, 6.45) is 1.78. The molecular formula is C15H16Cl3N3O3S. The predicted octanol–water partition coefficient (Wildman–Crippen LogP) is 2.15. The van der Waals surface area contributed by atoms with E-state index in [1.165, 1.54) is 13.2 Å². The van der Waals surface area contributed by atoms with Gasteiger partial charge in [0.1, 0.15) is 12.7 Å². The number of halogens is 3. The lowest BCUT2D eigenvalue weighted by Crippen LogP contribution is -2.57. The second-order valence-corrected chi connectivity index (χ2v) is 7.41. The van der Waals surface area contributed by atoms with Gasteiger partial charge in [0, 0.05) is 6.08 Å². The molecule has 0 spiro atoms. The van der Waals surface area contributed by atoms with Crippen molar-refractivity contribution in [3.63, 3.8) is 0 Å². The Morgan fingerprint density at radius 2 is 1.88 bits per heavy atom. The molecule has 0 heterocycles. The number of hydrogen-bond donors (Lipinski definition) is 3. The fraction of sp³-hybridized carbons (Fsp3) is 0.267. The fourth-order valence-corrected chi connectivity index (χ4v) is 2.05. The maximum Gasteiger partial charge on any atom is 0.325 e. The number of methoxy groups -OCH3 is 1. The monoisotopic (exact) mass is 423 g/mol. The van der Waals surface area contributed by atoms with Crippen LogP contribution < -0.4 is 16.0 Å². The third-order valence-corrected chi connectivity index (χ3v) is 3.65. The van der Waals surface area contributed by atoms with Crippen molar-refractivity contribution in [1.29, 1.82) is 0 Å². The SMILES string of the molecule is COC(=O)CNC(=S)NC(NC(=O)/C=C/c1ccccc1)C(Cl)(Cl)Cl. The first kappa shape index (κ1) is 21.5. The number of thiocarbonyl (C=S) groups is 1. The van der Waals surface area contributed by atoms with Crippen molar-refractivity contribution >= 4 is 70.1 Å². The Morgan fingerprint density at radius 1 is 1.24 bits per heavy atom. The van der Waals surface area contributed by atoms with Crippen LogP contribution in [0.5, 0.6) is 0 Å². The topological polar surface area (TPSA) is 79.5 Å². The average Bonchev–Trinajstić information content (AvgIpc) is 2.57. The van der Waals surface area contributed by atoms with E-state index >= 15 is 0 Å². The largest absolute Gasteiger partial charge is 0.468 e. The third kappa shape index (κ3) is 8.92. The Morgan fingerprint density at radius 3 is 2.44 bits per heavy atom. The van der Waals surface area contributed by atoms with Gasteiger partial charge < -0.3 is 20.7 Å². The number of benzene rings is 1. The van der Waals surface area contributed by atoms with E-state index in [0.717, 1.165) is 5.56 Å². The molecule has 1 aromatic carbocycles. The summed E-state index contributed by atoms with van der Waals surface area (Å²) in [6, 6.07) is 9.21. The van der Waals surface area contributed by atoms with Gasteiger partial charge in [0.15, 0.2) is 5.11 Å². The molecule has 25 heavy (non-hydrogen) atoms. The molecule has 1 amide bonds. The quantitative estimate of drug-likeness (QED) is 0.213. The molecule has 6 nitrogen and oxygen atoms in total. The van der Waals surface area contributed by atoms with Crippen LogP contribution in [-0.4, -0.2) is 40.6 Å². The molecule has 10 heteroatoms. The molecule has 0 aliphatic heterocycles. The van der Waals surface area contributed by atoms with Crippen molar-refractivity contribution in [2.24, 2.45) is 0 Å². The van der Waals surface area contributed by atoms with E-state index in [4.69, 9.17) is 47.0 Å². The first-order valence-corrected chi connectivity index (χ1v) is 8.48. The summed E-state index contributed by atoms with van der Waals surface area (Å²) in [5, 5.41) is 7.68. The van der Waals surface area contributed by atoms with Gasteiger partial charge in [-0.3, -0.25) is 9.59 Å². The molecule has 1 unspecified atom stereocenters. The van der Waals surface area contributed by atoms with Gasteiger partial charge in [0.05, 0.1) is 7.11 Å². The molecule has 0 bridgehead atoms. The highest BCUT2D eigenvalue weighted by Gasteiger charge is 2.34. The maximum absolute atomic E-state index is 12.0. The summed E-state index contributed by atoms with van der Waals surface area (Å²) in [5.41, 5.74) is 0.839. The smallest absolute Gasteiger partial charge is 0.325 e. The Bertz CT molecular complexity index is 636. The molecule has 0 radical (unpaired) electrons. The number of ether oxygens (including phenoxy) is 1. The second-order valence-electron chi connectivity index (χ2n) is 4.63. The predicted molar refractivity (Wildman–Crippen MR) is 103 cm³/mol. The van der Waals surface area contributed by atoms with Crippen LogP contribution >= 0.6 is 47.0 Å². The Labute approximate surface area is 165 Å². The van der Waals surface area contributed by atoms with Crippen LogP contribution in [-0.2, 0) is 14.3 Å². The molecule has 0 aliphatic rings. The summed E-state index contributed by atoms with van der Waals surface area (Å²) in [5.74, 6) is -1.02. The molecule has 0 aromatic heterocycles. The summed E-state index contributed by atoms with van der Waals surface area (Å²) < 4.78 is 2.58. The van der Waals surface area contributed by atoms with Crippen LogP contribution in [0, 0.1) is 0 Å². The fourth-order valence-electron chi connectivity index (χ4n) is 1.53. The van der Waals surface area contributed by atoms with Crippen LogP contribution in [0.2, 0.25) is 0 Å². The van der Waals surface area contributed by atoms with Crippen molar-refractivity contribution in [2.45, 2.75) is 9.96 Å². The van der Waals surface area contributed by atoms with Crippen molar-refractivity contribution in [1.82, 2.24) is 16.0 Å². The van der Waals surface area contributed by atoms with Gasteiger partial charge in [0.2, 0.25) is 9.70 Å². The van der Waals surface area contributed by atoms with Crippen molar-refractivity contribution in [2.75, 3.05) is 13.7 Å². The minimum Gasteiger partial charge on any atom is -0.468 e. The normalized spacial score (nSPS) is 12.3. The number of rotatable bonds is 6. The standard InChI is InChI=1S/C15H16Cl3N3O3S/c1-24-12(23)9-19-14(25)21-13(15(16,17)18)20-11(22)8-7-10-5-3-2-4-6-10/h2-8,13H,9H2,1H3,(H,20,22)(H2,19,21,25)/b8-7+. The molecule has 0 saturated heterocycles. The van der Waals surface area contributed by atoms with Gasteiger partial charge in [0.25, 0.3) is 0 Å². The number of amides is 1. The van der Waals surface area contributed by atoms with Crippen LogP contribution in [0.25, 0.3) is 6.08 Å². The Hall–Kier alpha value is -1.54. The van der Waals surface area contributed by atoms with Gasteiger partial charge in [-0.25, -0.2) is 0 Å². The summed E-state index contributed by atoms with van der Waals surface area (Å²) in [4.78, 5) is 23.1. The van der Waals surface area contributed by atoms with E-state index in [-0.39, 0.29) is 11.7 Å². The van der Waals surface area contributed by atoms with Crippen LogP contribution in [0.1, 0.15) is 5.56 Å². The van der Waals surface area contributed by atoms with Crippen molar-refractivity contribution in [3.8, 4) is 0 Å². The number of nitrogens with one attached hydrogen (secondary N) is 3. The zero-order valence-electron chi connectivity index (χ0n) is 13.1. The maximum atomic E-state index is 12.0. The zero-order valence-corrected chi connectivity index (χ0v) is 16.2. The molecule has 0 aliphatic carbocycles. The number of hydrogen-bond acceptors (Lipinski definition) is 4. The van der Waals surface area contributed by atoms with Gasteiger partial charge in [-0.05, 0) is 23.9 Å². The van der Waals surface area contributed by atoms with Gasteiger partial charge in [-0.1, -0.05) is 65.1 Å². The zero-order chi connectivity index (χ0) is 18.9. The van der Waals surface area contributed by atoms with E-state index in [2.05, 4.69) is 20.7 Å². The summed E-state index contributed by atoms with van der Waals surface area (Å²) >= 11 is 22.5. The van der Waals surface area contributed by atoms with Crippen LogP contribution in [0.4, 0.5) is 0 Å². The summed E-state index contributed by atoms with van der Waals surface area (Å²) in [6.45, 7) is -0.170.